The highest BCUT2D eigenvalue weighted by atomic mass is 79.9. The maximum atomic E-state index is 13.5. The molecule has 2 rings (SSSR count). The van der Waals surface area contributed by atoms with Crippen molar-refractivity contribution in [1.82, 2.24) is 0 Å². The molecule has 5 heteroatoms. The van der Waals surface area contributed by atoms with Crippen LogP contribution in [0.3, 0.4) is 0 Å². The average Bonchev–Trinajstić information content (AvgIpc) is 2.15. The van der Waals surface area contributed by atoms with Crippen LogP contribution in [0.4, 0.5) is 10.1 Å². The van der Waals surface area contributed by atoms with Gasteiger partial charge in [-0.25, -0.2) is 4.39 Å². The number of benzene rings is 1. The van der Waals surface area contributed by atoms with E-state index in [2.05, 4.69) is 21.2 Å². The quantitative estimate of drug-likeness (QED) is 0.729. The topological polar surface area (TPSA) is 21.3 Å². The van der Waals surface area contributed by atoms with E-state index in [1.165, 1.54) is 0 Å². The first-order chi connectivity index (χ1) is 6.20. The third kappa shape index (κ3) is 1.54. The lowest BCUT2D eigenvalue weighted by Gasteiger charge is -2.20. The van der Waals surface area contributed by atoms with Gasteiger partial charge in [-0.1, -0.05) is 11.6 Å². The summed E-state index contributed by atoms with van der Waals surface area (Å²) in [6.45, 7) is 0.726. The normalized spacial score (nSPS) is 15.0. The van der Waals surface area contributed by atoms with E-state index in [0.29, 0.717) is 28.5 Å². The summed E-state index contributed by atoms with van der Waals surface area (Å²) < 4.78 is 18.9. The van der Waals surface area contributed by atoms with E-state index in [0.717, 1.165) is 5.56 Å². The van der Waals surface area contributed by atoms with Crippen LogP contribution in [0, 0.1) is 5.82 Å². The lowest BCUT2D eigenvalue weighted by molar-refractivity contribution is 0.130. The van der Waals surface area contributed by atoms with Gasteiger partial charge in [0, 0.05) is 5.56 Å². The summed E-state index contributed by atoms with van der Waals surface area (Å²) in [7, 11) is 0. The molecule has 0 amide bonds. The van der Waals surface area contributed by atoms with Gasteiger partial charge in [0.25, 0.3) is 0 Å². The Morgan fingerprint density at radius 3 is 3.15 bits per heavy atom. The fraction of sp³-hybridized carbons (Fsp3) is 0.250. The summed E-state index contributed by atoms with van der Waals surface area (Å²) in [5.41, 5.74) is 1.22. The van der Waals surface area contributed by atoms with Crippen molar-refractivity contribution in [3.05, 3.63) is 26.9 Å². The van der Waals surface area contributed by atoms with Crippen molar-refractivity contribution in [2.45, 2.75) is 6.61 Å². The first kappa shape index (κ1) is 9.24. The maximum Gasteiger partial charge on any atom is 0.162 e. The Kier molecular flexibility index (Phi) is 2.45. The van der Waals surface area contributed by atoms with Crippen molar-refractivity contribution in [1.29, 1.82) is 0 Å². The van der Waals surface area contributed by atoms with Gasteiger partial charge >= 0.3 is 0 Å². The lowest BCUT2D eigenvalue weighted by atomic mass is 10.1. The van der Waals surface area contributed by atoms with Gasteiger partial charge in [0.15, 0.2) is 5.82 Å². The zero-order valence-corrected chi connectivity index (χ0v) is 8.88. The minimum absolute atomic E-state index is 0.294. The van der Waals surface area contributed by atoms with Crippen LogP contribution in [0.5, 0.6) is 0 Å². The molecule has 0 bridgehead atoms. The van der Waals surface area contributed by atoms with Gasteiger partial charge in [-0.05, 0) is 22.0 Å². The highest BCUT2D eigenvalue weighted by molar-refractivity contribution is 9.10. The predicted octanol–water partition coefficient (Wildman–Crippen LogP) is 3.14. The van der Waals surface area contributed by atoms with Gasteiger partial charge in [0.05, 0.1) is 21.8 Å². The van der Waals surface area contributed by atoms with Crippen LogP contribution in [0.1, 0.15) is 5.56 Å². The molecule has 1 aliphatic rings. The fourth-order valence-corrected chi connectivity index (χ4v) is 1.76. The van der Waals surface area contributed by atoms with Gasteiger partial charge in [-0.3, -0.25) is 0 Å². The van der Waals surface area contributed by atoms with Crippen molar-refractivity contribution < 1.29 is 9.13 Å². The number of anilines is 1. The summed E-state index contributed by atoms with van der Waals surface area (Å²) in [5, 5.41) is 3.18. The van der Waals surface area contributed by atoms with Crippen molar-refractivity contribution in [3.63, 3.8) is 0 Å². The third-order valence-electron chi connectivity index (χ3n) is 1.85. The fourth-order valence-electron chi connectivity index (χ4n) is 1.23. The molecule has 1 heterocycles. The molecule has 0 saturated heterocycles. The molecule has 1 aliphatic heterocycles. The number of hydrogen-bond donors (Lipinski definition) is 1. The van der Waals surface area contributed by atoms with E-state index in [9.17, 15) is 4.39 Å². The molecule has 13 heavy (non-hydrogen) atoms. The Hall–Kier alpha value is -0.320. The number of halogens is 3. The zero-order chi connectivity index (χ0) is 9.42. The van der Waals surface area contributed by atoms with Crippen LogP contribution >= 0.6 is 27.5 Å². The van der Waals surface area contributed by atoms with Crippen LogP contribution in [0.15, 0.2) is 10.5 Å². The van der Waals surface area contributed by atoms with Gasteiger partial charge in [-0.15, -0.1) is 0 Å². The number of ether oxygens (including phenoxy) is 1. The Morgan fingerprint density at radius 1 is 1.62 bits per heavy atom. The van der Waals surface area contributed by atoms with Crippen molar-refractivity contribution in [2.24, 2.45) is 0 Å². The Morgan fingerprint density at radius 2 is 2.38 bits per heavy atom. The summed E-state index contributed by atoms with van der Waals surface area (Å²) >= 11 is 8.85. The van der Waals surface area contributed by atoms with Gasteiger partial charge in [0.2, 0.25) is 0 Å². The van der Waals surface area contributed by atoms with Gasteiger partial charge < -0.3 is 10.1 Å². The third-order valence-corrected chi connectivity index (χ3v) is 3.15. The highest BCUT2D eigenvalue weighted by Gasteiger charge is 2.18. The Bertz CT molecular complexity index is 358. The zero-order valence-electron chi connectivity index (χ0n) is 6.53. The molecule has 1 aromatic rings. The highest BCUT2D eigenvalue weighted by Crippen LogP contribution is 2.35. The number of hydrogen-bond acceptors (Lipinski definition) is 2. The molecule has 0 spiro atoms. The number of fused-ring (bicyclic) bond motifs is 1. The molecular formula is C8H6BrClFNO. The van der Waals surface area contributed by atoms with Crippen LogP contribution in [-0.2, 0) is 11.3 Å². The number of nitrogens with one attached hydrogen (secondary N) is 1. The number of rotatable bonds is 0. The van der Waals surface area contributed by atoms with Crippen molar-refractivity contribution in [2.75, 3.05) is 12.0 Å². The second kappa shape index (κ2) is 3.44. The standard InChI is InChI=1S/C8H6BrClFNO/c9-6-5(10)1-4-2-13-3-12-8(4)7(6)11/h1,12H,2-3H2. The van der Waals surface area contributed by atoms with E-state index >= 15 is 0 Å². The first-order valence-corrected chi connectivity index (χ1v) is 4.85. The van der Waals surface area contributed by atoms with Gasteiger partial charge in [-0.2, -0.15) is 0 Å². The molecule has 70 valence electrons. The Balaban J connectivity index is 2.60. The van der Waals surface area contributed by atoms with Crippen LogP contribution < -0.4 is 5.32 Å². The molecular weight excluding hydrogens is 260 g/mol. The molecule has 1 aromatic carbocycles. The Labute approximate surface area is 88.2 Å². The minimum Gasteiger partial charge on any atom is -0.360 e. The molecule has 1 N–H and O–H groups in total. The summed E-state index contributed by atoms with van der Waals surface area (Å²) in [6.07, 6.45) is 0. The van der Waals surface area contributed by atoms with Crippen molar-refractivity contribution in [3.8, 4) is 0 Å². The van der Waals surface area contributed by atoms with Crippen LogP contribution in [0.25, 0.3) is 0 Å². The van der Waals surface area contributed by atoms with Gasteiger partial charge in [0.1, 0.15) is 6.73 Å². The summed E-state index contributed by atoms with van der Waals surface area (Å²) in [5.74, 6) is -0.356. The van der Waals surface area contributed by atoms with Crippen LogP contribution in [0.2, 0.25) is 5.02 Å². The monoisotopic (exact) mass is 265 g/mol. The van der Waals surface area contributed by atoms with E-state index in [1.807, 2.05) is 0 Å². The average molecular weight is 266 g/mol. The second-order valence-electron chi connectivity index (χ2n) is 2.69. The second-order valence-corrected chi connectivity index (χ2v) is 3.89. The predicted molar refractivity (Wildman–Crippen MR) is 52.4 cm³/mol. The maximum absolute atomic E-state index is 13.5. The largest absolute Gasteiger partial charge is 0.360 e. The van der Waals surface area contributed by atoms with E-state index in [1.54, 1.807) is 6.07 Å². The van der Waals surface area contributed by atoms with E-state index in [-0.39, 0.29) is 5.82 Å². The van der Waals surface area contributed by atoms with E-state index < -0.39 is 0 Å². The summed E-state index contributed by atoms with van der Waals surface area (Å²) in [6, 6.07) is 1.69. The minimum atomic E-state index is -0.356. The molecule has 0 saturated carbocycles. The van der Waals surface area contributed by atoms with Crippen LogP contribution in [-0.4, -0.2) is 6.73 Å². The first-order valence-electron chi connectivity index (χ1n) is 3.68. The molecule has 0 aromatic heterocycles. The molecule has 0 atom stereocenters. The smallest absolute Gasteiger partial charge is 0.162 e. The summed E-state index contributed by atoms with van der Waals surface area (Å²) in [4.78, 5) is 0. The molecule has 0 fully saturated rings. The molecule has 0 unspecified atom stereocenters. The molecule has 2 nitrogen and oxygen atoms in total. The SMILES string of the molecule is Fc1c(Br)c(Cl)cc2c1NCOC2. The molecule has 0 aliphatic carbocycles. The van der Waals surface area contributed by atoms with Crippen molar-refractivity contribution >= 4 is 33.2 Å². The van der Waals surface area contributed by atoms with E-state index in [4.69, 9.17) is 16.3 Å². The lowest BCUT2D eigenvalue weighted by Crippen LogP contribution is -2.16. The molecule has 0 radical (unpaired) electrons.